The largest absolute Gasteiger partial charge is 0.444 e. The highest BCUT2D eigenvalue weighted by Crippen LogP contribution is 2.24. The molecule has 2 atom stereocenters. The van der Waals surface area contributed by atoms with Crippen molar-refractivity contribution in [1.29, 1.82) is 0 Å². The predicted octanol–water partition coefficient (Wildman–Crippen LogP) is 3.64. The summed E-state index contributed by atoms with van der Waals surface area (Å²) in [5, 5.41) is 2.85. The Hall–Kier alpha value is -2.15. The average molecular weight is 406 g/mol. The molecule has 0 spiro atoms. The summed E-state index contributed by atoms with van der Waals surface area (Å²) in [6.07, 6.45) is 1.56. The highest BCUT2D eigenvalue weighted by atomic mass is 16.6. The van der Waals surface area contributed by atoms with Crippen LogP contribution in [0.3, 0.4) is 0 Å². The molecule has 162 valence electrons. The van der Waals surface area contributed by atoms with Crippen LogP contribution in [0.5, 0.6) is 0 Å². The van der Waals surface area contributed by atoms with Crippen LogP contribution in [0.2, 0.25) is 0 Å². The van der Waals surface area contributed by atoms with Gasteiger partial charge in [0.2, 0.25) is 0 Å². The predicted molar refractivity (Wildman–Crippen MR) is 113 cm³/mol. The maximum atomic E-state index is 13.1. The molecule has 1 fully saturated rings. The molecule has 0 bridgehead atoms. The molecule has 1 aromatic rings. The molecule has 7 heteroatoms. The summed E-state index contributed by atoms with van der Waals surface area (Å²) >= 11 is 0. The molecule has 2 unspecified atom stereocenters. The van der Waals surface area contributed by atoms with E-state index in [0.717, 1.165) is 37.2 Å². The van der Waals surface area contributed by atoms with Gasteiger partial charge in [-0.25, -0.2) is 4.79 Å². The fourth-order valence-corrected chi connectivity index (χ4v) is 4.06. The van der Waals surface area contributed by atoms with Gasteiger partial charge >= 0.3 is 6.09 Å². The molecule has 0 saturated carbocycles. The van der Waals surface area contributed by atoms with Crippen molar-refractivity contribution in [3.63, 3.8) is 0 Å². The zero-order valence-corrected chi connectivity index (χ0v) is 18.8. The summed E-state index contributed by atoms with van der Waals surface area (Å²) in [5.74, 6) is 0.235. The van der Waals surface area contributed by atoms with Gasteiger partial charge in [-0.1, -0.05) is 0 Å². The van der Waals surface area contributed by atoms with E-state index in [4.69, 9.17) is 4.74 Å². The maximum absolute atomic E-state index is 13.1. The quantitative estimate of drug-likeness (QED) is 0.705. The van der Waals surface area contributed by atoms with Crippen molar-refractivity contribution in [1.82, 2.24) is 15.2 Å². The van der Waals surface area contributed by atoms with Crippen molar-refractivity contribution in [3.05, 3.63) is 22.5 Å². The van der Waals surface area contributed by atoms with Gasteiger partial charge in [0.05, 0.1) is 11.7 Å². The first-order valence-corrected chi connectivity index (χ1v) is 10.4. The van der Waals surface area contributed by atoms with Crippen molar-refractivity contribution in [2.75, 3.05) is 19.6 Å². The number of Topliss-reactive ketones (excluding diaryl/α,β-unsaturated/α-hetero) is 2. The number of aromatic amines is 1. The molecule has 0 aliphatic carbocycles. The Kier molecular flexibility index (Phi) is 7.27. The van der Waals surface area contributed by atoms with Crippen molar-refractivity contribution in [3.8, 4) is 0 Å². The molecule has 2 rings (SSSR count). The molecule has 1 saturated heterocycles. The van der Waals surface area contributed by atoms with Gasteiger partial charge < -0.3 is 15.0 Å². The molecule has 29 heavy (non-hydrogen) atoms. The minimum absolute atomic E-state index is 0.00106. The fraction of sp³-hybridized carbons (Fsp3) is 0.682. The zero-order chi connectivity index (χ0) is 21.9. The number of alkyl carbamates (subject to hydrolysis) is 1. The summed E-state index contributed by atoms with van der Waals surface area (Å²) in [6, 6.07) is -0.295. The van der Waals surface area contributed by atoms with E-state index in [2.05, 4.69) is 15.2 Å². The fourth-order valence-electron chi connectivity index (χ4n) is 4.06. The second-order valence-electron chi connectivity index (χ2n) is 9.11. The summed E-state index contributed by atoms with van der Waals surface area (Å²) in [6.45, 7) is 14.7. The van der Waals surface area contributed by atoms with E-state index in [0.29, 0.717) is 17.8 Å². The van der Waals surface area contributed by atoms with Crippen LogP contribution in [-0.2, 0) is 4.74 Å². The smallest absolute Gasteiger partial charge is 0.407 e. The molecule has 2 N–H and O–H groups in total. The number of ketones is 2. The third-order valence-corrected chi connectivity index (χ3v) is 5.45. The van der Waals surface area contributed by atoms with Crippen molar-refractivity contribution in [2.24, 2.45) is 5.92 Å². The average Bonchev–Trinajstić information content (AvgIpc) is 2.92. The van der Waals surface area contributed by atoms with Crippen LogP contribution in [0.15, 0.2) is 0 Å². The van der Waals surface area contributed by atoms with E-state index < -0.39 is 11.7 Å². The number of hydrogen-bond acceptors (Lipinski definition) is 5. The zero-order valence-electron chi connectivity index (χ0n) is 18.8. The van der Waals surface area contributed by atoms with Crippen LogP contribution in [-0.4, -0.2) is 58.8 Å². The van der Waals surface area contributed by atoms with Crippen molar-refractivity contribution in [2.45, 2.75) is 73.0 Å². The normalized spacial score (nSPS) is 18.9. The monoisotopic (exact) mass is 405 g/mol. The highest BCUT2D eigenvalue weighted by Gasteiger charge is 2.31. The van der Waals surface area contributed by atoms with E-state index >= 15 is 0 Å². The number of piperidine rings is 1. The van der Waals surface area contributed by atoms with Crippen LogP contribution < -0.4 is 5.32 Å². The van der Waals surface area contributed by atoms with E-state index in [1.54, 1.807) is 0 Å². The molecule has 1 aliphatic heterocycles. The number of nitrogens with zero attached hydrogens (tertiary/aromatic N) is 1. The Balaban J connectivity index is 2.00. The molecule has 0 radical (unpaired) electrons. The van der Waals surface area contributed by atoms with Gasteiger partial charge in [-0.2, -0.15) is 0 Å². The lowest BCUT2D eigenvalue weighted by Gasteiger charge is -2.36. The molecule has 1 aromatic heterocycles. The molecular formula is C22H35N3O4. The van der Waals surface area contributed by atoms with Crippen LogP contribution in [0.4, 0.5) is 4.79 Å². The number of carbonyl (C=O) groups is 3. The summed E-state index contributed by atoms with van der Waals surface area (Å²) in [5.41, 5.74) is 2.08. The van der Waals surface area contributed by atoms with Crippen LogP contribution in [0.25, 0.3) is 0 Å². The Morgan fingerprint density at radius 2 is 1.93 bits per heavy atom. The van der Waals surface area contributed by atoms with Crippen molar-refractivity contribution < 1.29 is 19.1 Å². The second-order valence-corrected chi connectivity index (χ2v) is 9.11. The maximum Gasteiger partial charge on any atom is 0.407 e. The van der Waals surface area contributed by atoms with Crippen LogP contribution >= 0.6 is 0 Å². The standard InChI is InChI=1S/C22H35N3O4/c1-13-18(16(4)26)14(2)24-19(13)20(27)15(3)25-10-8-9-17(12-25)11-23-21(28)29-22(5,6)7/h15,17,24H,8-12H2,1-7H3,(H,23,28). The van der Waals surface area contributed by atoms with Gasteiger partial charge in [-0.05, 0) is 79.3 Å². The van der Waals surface area contributed by atoms with Crippen molar-refractivity contribution >= 4 is 17.7 Å². The minimum Gasteiger partial charge on any atom is -0.444 e. The van der Waals surface area contributed by atoms with Gasteiger partial charge in [0.15, 0.2) is 11.6 Å². The molecule has 1 amide bonds. The van der Waals surface area contributed by atoms with E-state index in [9.17, 15) is 14.4 Å². The number of aryl methyl sites for hydroxylation is 1. The molecule has 7 nitrogen and oxygen atoms in total. The number of rotatable bonds is 6. The lowest BCUT2D eigenvalue weighted by Crippen LogP contribution is -2.48. The third-order valence-electron chi connectivity index (χ3n) is 5.45. The highest BCUT2D eigenvalue weighted by molar-refractivity contribution is 6.05. The summed E-state index contributed by atoms with van der Waals surface area (Å²) in [4.78, 5) is 42.2. The molecule has 0 aromatic carbocycles. The minimum atomic E-state index is -0.519. The number of carbonyl (C=O) groups excluding carboxylic acids is 3. The first kappa shape index (κ1) is 23.1. The van der Waals surface area contributed by atoms with Gasteiger partial charge in [0.1, 0.15) is 5.60 Å². The summed E-state index contributed by atoms with van der Waals surface area (Å²) in [7, 11) is 0. The Bertz CT molecular complexity index is 776. The molecular weight excluding hydrogens is 370 g/mol. The van der Waals surface area contributed by atoms with Gasteiger partial charge in [-0.3, -0.25) is 14.5 Å². The number of amides is 1. The SMILES string of the molecule is CC(=O)c1c(C)[nH]c(C(=O)C(C)N2CCCC(CNC(=O)OC(C)(C)C)C2)c1C. The molecule has 2 heterocycles. The number of nitrogens with one attached hydrogen (secondary N) is 2. The van der Waals surface area contributed by atoms with E-state index in [-0.39, 0.29) is 23.5 Å². The van der Waals surface area contributed by atoms with E-state index in [1.165, 1.54) is 6.92 Å². The number of ether oxygens (including phenoxy) is 1. The Morgan fingerprint density at radius 1 is 1.28 bits per heavy atom. The van der Waals surface area contributed by atoms with Gasteiger partial charge in [-0.15, -0.1) is 0 Å². The second kappa shape index (κ2) is 9.11. The van der Waals surface area contributed by atoms with Gasteiger partial charge in [0.25, 0.3) is 0 Å². The molecule has 1 aliphatic rings. The van der Waals surface area contributed by atoms with Gasteiger partial charge in [0, 0.05) is 24.3 Å². The summed E-state index contributed by atoms with van der Waals surface area (Å²) < 4.78 is 5.30. The van der Waals surface area contributed by atoms with Crippen LogP contribution in [0, 0.1) is 19.8 Å². The first-order valence-electron chi connectivity index (χ1n) is 10.4. The van der Waals surface area contributed by atoms with E-state index in [1.807, 2.05) is 41.5 Å². The first-order chi connectivity index (χ1) is 13.4. The number of hydrogen-bond donors (Lipinski definition) is 2. The van der Waals surface area contributed by atoms with Crippen LogP contribution in [0.1, 0.15) is 79.6 Å². The third kappa shape index (κ3) is 5.92. The Labute approximate surface area is 173 Å². The lowest BCUT2D eigenvalue weighted by atomic mass is 9.95. The number of H-pyrrole nitrogens is 1. The number of likely N-dealkylation sites (tertiary alicyclic amines) is 1. The number of aromatic nitrogens is 1. The Morgan fingerprint density at radius 3 is 2.48 bits per heavy atom. The lowest BCUT2D eigenvalue weighted by molar-refractivity contribution is 0.0494. The topological polar surface area (TPSA) is 91.5 Å².